The number of hydrogen-bond acceptors (Lipinski definition) is 3. The minimum atomic E-state index is -0.516. The molecule has 0 aliphatic carbocycles. The fourth-order valence-electron chi connectivity index (χ4n) is 0.511. The maximum atomic E-state index is 9.48. The molecule has 48 valence electrons. The summed E-state index contributed by atoms with van der Waals surface area (Å²) in [4.78, 5) is 9.48. The molecule has 3 nitrogen and oxygen atoms in total. The summed E-state index contributed by atoms with van der Waals surface area (Å²) in [5, 5.41) is 11.3. The van der Waals surface area contributed by atoms with E-state index in [1.807, 2.05) is 6.92 Å². The van der Waals surface area contributed by atoms with Crippen molar-refractivity contribution >= 4 is 0 Å². The molecule has 0 aliphatic rings. The van der Waals surface area contributed by atoms with Crippen LogP contribution in [0.15, 0.2) is 5.18 Å². The Morgan fingerprint density at radius 2 is 2.38 bits per heavy atom. The van der Waals surface area contributed by atoms with E-state index in [0.29, 0.717) is 6.42 Å². The third-order valence-corrected chi connectivity index (χ3v) is 0.907. The number of aliphatic hydroxyl groups is 1. The van der Waals surface area contributed by atoms with Crippen LogP contribution in [0.25, 0.3) is 0 Å². The van der Waals surface area contributed by atoms with Crippen molar-refractivity contribution in [3.8, 4) is 0 Å². The first-order chi connectivity index (χ1) is 3.81. The van der Waals surface area contributed by atoms with Gasteiger partial charge in [-0.25, -0.2) is 0 Å². The van der Waals surface area contributed by atoms with Gasteiger partial charge in [0.25, 0.3) is 0 Å². The summed E-state index contributed by atoms with van der Waals surface area (Å²) in [5.41, 5.74) is 0. The summed E-state index contributed by atoms with van der Waals surface area (Å²) < 4.78 is 0. The molecule has 0 aromatic heterocycles. The molecular weight excluding hydrogens is 106 g/mol. The van der Waals surface area contributed by atoms with Crippen LogP contribution in [0.1, 0.15) is 19.8 Å². The molecule has 1 N–H and O–H groups in total. The molecule has 3 heteroatoms. The van der Waals surface area contributed by atoms with Crippen molar-refractivity contribution in [2.24, 2.45) is 5.18 Å². The van der Waals surface area contributed by atoms with E-state index in [4.69, 9.17) is 5.11 Å². The van der Waals surface area contributed by atoms with Crippen LogP contribution in [0.3, 0.4) is 0 Å². The first kappa shape index (κ1) is 7.56. The molecular formula is C5H11NO2. The van der Waals surface area contributed by atoms with E-state index in [0.717, 1.165) is 6.42 Å². The second-order valence-corrected chi connectivity index (χ2v) is 1.75. The van der Waals surface area contributed by atoms with Gasteiger partial charge < -0.3 is 5.11 Å². The highest BCUT2D eigenvalue weighted by atomic mass is 16.3. The normalized spacial score (nSPS) is 13.2. The smallest absolute Gasteiger partial charge is 0.107 e. The Bertz CT molecular complexity index is 65.4. The van der Waals surface area contributed by atoms with E-state index in [-0.39, 0.29) is 6.54 Å². The van der Waals surface area contributed by atoms with Crippen LogP contribution in [0.2, 0.25) is 0 Å². The maximum Gasteiger partial charge on any atom is 0.107 e. The average Bonchev–Trinajstić information content (AvgIpc) is 1.68. The Balaban J connectivity index is 3.03. The van der Waals surface area contributed by atoms with Gasteiger partial charge in [-0.05, 0) is 6.42 Å². The lowest BCUT2D eigenvalue weighted by atomic mass is 10.2. The average molecular weight is 117 g/mol. The van der Waals surface area contributed by atoms with Crippen molar-refractivity contribution in [2.45, 2.75) is 25.9 Å². The van der Waals surface area contributed by atoms with Crippen LogP contribution in [-0.2, 0) is 0 Å². The Hall–Kier alpha value is -0.440. The highest BCUT2D eigenvalue weighted by Gasteiger charge is 1.99. The van der Waals surface area contributed by atoms with Crippen molar-refractivity contribution in [3.63, 3.8) is 0 Å². The lowest BCUT2D eigenvalue weighted by Crippen LogP contribution is -2.08. The van der Waals surface area contributed by atoms with Crippen molar-refractivity contribution in [2.75, 3.05) is 6.54 Å². The predicted octanol–water partition coefficient (Wildman–Crippen LogP) is 0.914. The Labute approximate surface area is 48.7 Å². The lowest BCUT2D eigenvalue weighted by molar-refractivity contribution is 0.172. The Kier molecular flexibility index (Phi) is 4.45. The van der Waals surface area contributed by atoms with Gasteiger partial charge in [0.1, 0.15) is 6.54 Å². The zero-order chi connectivity index (χ0) is 6.41. The summed E-state index contributed by atoms with van der Waals surface area (Å²) in [6.07, 6.45) is 1.06. The van der Waals surface area contributed by atoms with Crippen molar-refractivity contribution < 1.29 is 5.11 Å². The molecule has 1 unspecified atom stereocenters. The first-order valence-corrected chi connectivity index (χ1v) is 2.78. The molecule has 0 amide bonds. The van der Waals surface area contributed by atoms with Crippen molar-refractivity contribution in [1.29, 1.82) is 0 Å². The summed E-state index contributed by atoms with van der Waals surface area (Å²) in [6, 6.07) is 0. The van der Waals surface area contributed by atoms with E-state index >= 15 is 0 Å². The molecule has 0 radical (unpaired) electrons. The molecule has 0 fully saturated rings. The number of rotatable bonds is 4. The molecule has 0 aliphatic heterocycles. The quantitative estimate of drug-likeness (QED) is 0.556. The zero-order valence-corrected chi connectivity index (χ0v) is 5.00. The molecule has 0 saturated heterocycles. The van der Waals surface area contributed by atoms with Gasteiger partial charge in [0, 0.05) is 0 Å². The topological polar surface area (TPSA) is 49.7 Å². The lowest BCUT2D eigenvalue weighted by Gasteiger charge is -2.00. The van der Waals surface area contributed by atoms with Gasteiger partial charge in [0.15, 0.2) is 0 Å². The van der Waals surface area contributed by atoms with Gasteiger partial charge in [-0.1, -0.05) is 18.5 Å². The SMILES string of the molecule is CCCC(O)CN=O. The summed E-state index contributed by atoms with van der Waals surface area (Å²) in [6.45, 7) is 1.99. The number of nitrogens with zero attached hydrogens (tertiary/aromatic N) is 1. The molecule has 0 aromatic rings. The van der Waals surface area contributed by atoms with Gasteiger partial charge in [-0.3, -0.25) is 0 Å². The molecule has 0 rings (SSSR count). The third kappa shape index (κ3) is 3.74. The Morgan fingerprint density at radius 1 is 1.75 bits per heavy atom. The van der Waals surface area contributed by atoms with Crippen LogP contribution in [0.5, 0.6) is 0 Å². The van der Waals surface area contributed by atoms with Crippen LogP contribution in [-0.4, -0.2) is 17.8 Å². The molecule has 1 atom stereocenters. The van der Waals surface area contributed by atoms with Gasteiger partial charge in [-0.2, -0.15) is 4.91 Å². The standard InChI is InChI=1S/C5H11NO2/c1-2-3-5(7)4-6-8/h5,7H,2-4H2,1H3. The number of hydrogen-bond donors (Lipinski definition) is 1. The van der Waals surface area contributed by atoms with E-state index < -0.39 is 6.10 Å². The minimum absolute atomic E-state index is 0.0356. The zero-order valence-electron chi connectivity index (χ0n) is 5.00. The van der Waals surface area contributed by atoms with Gasteiger partial charge in [0.2, 0.25) is 0 Å². The number of nitroso groups, excluding NO2 is 1. The van der Waals surface area contributed by atoms with Gasteiger partial charge in [0.05, 0.1) is 6.10 Å². The van der Waals surface area contributed by atoms with E-state index in [9.17, 15) is 4.91 Å². The van der Waals surface area contributed by atoms with Crippen LogP contribution in [0.4, 0.5) is 0 Å². The fraction of sp³-hybridized carbons (Fsp3) is 1.00. The fourth-order valence-corrected chi connectivity index (χ4v) is 0.511. The second-order valence-electron chi connectivity index (χ2n) is 1.75. The Morgan fingerprint density at radius 3 is 2.75 bits per heavy atom. The molecule has 0 saturated carbocycles. The molecule has 8 heavy (non-hydrogen) atoms. The highest BCUT2D eigenvalue weighted by molar-refractivity contribution is 4.55. The predicted molar refractivity (Wildman–Crippen MR) is 31.6 cm³/mol. The maximum absolute atomic E-state index is 9.48. The minimum Gasteiger partial charge on any atom is -0.391 e. The largest absolute Gasteiger partial charge is 0.391 e. The second kappa shape index (κ2) is 4.71. The highest BCUT2D eigenvalue weighted by Crippen LogP contribution is 1.94. The molecule has 0 bridgehead atoms. The molecule has 0 heterocycles. The van der Waals surface area contributed by atoms with Gasteiger partial charge >= 0.3 is 0 Å². The summed E-state index contributed by atoms with van der Waals surface area (Å²) >= 11 is 0. The van der Waals surface area contributed by atoms with E-state index in [2.05, 4.69) is 5.18 Å². The number of aliphatic hydroxyl groups excluding tert-OH is 1. The van der Waals surface area contributed by atoms with Crippen molar-refractivity contribution in [3.05, 3.63) is 4.91 Å². The van der Waals surface area contributed by atoms with E-state index in [1.54, 1.807) is 0 Å². The summed E-state index contributed by atoms with van der Waals surface area (Å²) in [7, 11) is 0. The van der Waals surface area contributed by atoms with E-state index in [1.165, 1.54) is 0 Å². The first-order valence-electron chi connectivity index (χ1n) is 2.78. The van der Waals surface area contributed by atoms with Crippen molar-refractivity contribution in [1.82, 2.24) is 0 Å². The monoisotopic (exact) mass is 117 g/mol. The van der Waals surface area contributed by atoms with Crippen LogP contribution >= 0.6 is 0 Å². The van der Waals surface area contributed by atoms with Crippen LogP contribution < -0.4 is 0 Å². The van der Waals surface area contributed by atoms with Gasteiger partial charge in [-0.15, -0.1) is 0 Å². The third-order valence-electron chi connectivity index (χ3n) is 0.907. The van der Waals surface area contributed by atoms with Crippen LogP contribution in [0, 0.1) is 4.91 Å². The molecule has 0 spiro atoms. The molecule has 0 aromatic carbocycles. The summed E-state index contributed by atoms with van der Waals surface area (Å²) in [5.74, 6) is 0.